The van der Waals surface area contributed by atoms with Crippen LogP contribution in [0.5, 0.6) is 0 Å². The molecule has 2 heterocycles. The molecule has 3 aromatic rings. The number of halogens is 2. The van der Waals surface area contributed by atoms with Gasteiger partial charge in [-0.05, 0) is 42.8 Å². The largest absolute Gasteiger partial charge is 0.304 e. The van der Waals surface area contributed by atoms with Crippen molar-refractivity contribution in [2.45, 2.75) is 6.92 Å². The summed E-state index contributed by atoms with van der Waals surface area (Å²) in [5, 5.41) is 0. The highest BCUT2D eigenvalue weighted by Gasteiger charge is 2.06. The van der Waals surface area contributed by atoms with E-state index in [2.05, 4.69) is 4.98 Å². The van der Waals surface area contributed by atoms with Gasteiger partial charge in [-0.3, -0.25) is 0 Å². The van der Waals surface area contributed by atoms with E-state index in [-0.39, 0.29) is 11.6 Å². The Morgan fingerprint density at radius 2 is 1.89 bits per heavy atom. The van der Waals surface area contributed by atoms with Crippen molar-refractivity contribution >= 4 is 5.65 Å². The molecule has 0 aliphatic rings. The fourth-order valence-electron chi connectivity index (χ4n) is 1.91. The summed E-state index contributed by atoms with van der Waals surface area (Å²) < 4.78 is 27.9. The van der Waals surface area contributed by atoms with Gasteiger partial charge in [0.15, 0.2) is 0 Å². The number of aromatic nitrogens is 2. The molecule has 0 saturated carbocycles. The van der Waals surface area contributed by atoms with Crippen molar-refractivity contribution in [3.63, 3.8) is 0 Å². The average molecular weight is 244 g/mol. The zero-order valence-electron chi connectivity index (χ0n) is 9.69. The van der Waals surface area contributed by atoms with Gasteiger partial charge in [0.05, 0.1) is 5.69 Å². The topological polar surface area (TPSA) is 17.3 Å². The van der Waals surface area contributed by atoms with E-state index in [1.54, 1.807) is 35.7 Å². The van der Waals surface area contributed by atoms with Gasteiger partial charge in [0.1, 0.15) is 17.3 Å². The fraction of sp³-hybridized carbons (Fsp3) is 0.0714. The van der Waals surface area contributed by atoms with E-state index in [1.807, 2.05) is 0 Å². The number of fused-ring (bicyclic) bond motifs is 1. The van der Waals surface area contributed by atoms with E-state index in [0.717, 1.165) is 5.56 Å². The molecule has 18 heavy (non-hydrogen) atoms. The van der Waals surface area contributed by atoms with Crippen molar-refractivity contribution < 1.29 is 8.78 Å². The number of imidazole rings is 1. The Bertz CT molecular complexity index is 732. The maximum absolute atomic E-state index is 13.2. The van der Waals surface area contributed by atoms with Crippen molar-refractivity contribution in [1.29, 1.82) is 0 Å². The lowest BCUT2D eigenvalue weighted by Crippen LogP contribution is -1.84. The van der Waals surface area contributed by atoms with Crippen molar-refractivity contribution in [1.82, 2.24) is 9.38 Å². The molecule has 0 atom stereocenters. The van der Waals surface area contributed by atoms with E-state index in [1.165, 1.54) is 18.3 Å². The Kier molecular flexibility index (Phi) is 2.37. The van der Waals surface area contributed by atoms with Crippen LogP contribution in [0, 0.1) is 18.6 Å². The first-order valence-corrected chi connectivity index (χ1v) is 5.54. The van der Waals surface area contributed by atoms with E-state index in [9.17, 15) is 8.78 Å². The first kappa shape index (κ1) is 10.9. The molecule has 0 fully saturated rings. The molecule has 0 bridgehead atoms. The SMILES string of the molecule is Cc1cc(-c2cn3cc(F)ccc3n2)ccc1F. The number of hydrogen-bond donors (Lipinski definition) is 0. The Morgan fingerprint density at radius 3 is 2.67 bits per heavy atom. The molecular formula is C14H10F2N2. The van der Waals surface area contributed by atoms with Gasteiger partial charge in [0, 0.05) is 18.0 Å². The molecule has 0 radical (unpaired) electrons. The minimum Gasteiger partial charge on any atom is -0.304 e. The van der Waals surface area contributed by atoms with Crippen LogP contribution >= 0.6 is 0 Å². The third-order valence-electron chi connectivity index (χ3n) is 2.87. The number of nitrogens with zero attached hydrogens (tertiary/aromatic N) is 2. The summed E-state index contributed by atoms with van der Waals surface area (Å²) in [7, 11) is 0. The summed E-state index contributed by atoms with van der Waals surface area (Å²) >= 11 is 0. The Hall–Kier alpha value is -2.23. The molecule has 4 heteroatoms. The molecule has 0 aliphatic carbocycles. The third-order valence-corrected chi connectivity index (χ3v) is 2.87. The van der Waals surface area contributed by atoms with E-state index >= 15 is 0 Å². The normalized spacial score (nSPS) is 11.1. The van der Waals surface area contributed by atoms with Gasteiger partial charge in [-0.25, -0.2) is 13.8 Å². The van der Waals surface area contributed by atoms with Crippen LogP contribution in [0.2, 0.25) is 0 Å². The zero-order chi connectivity index (χ0) is 12.7. The van der Waals surface area contributed by atoms with Gasteiger partial charge in [-0.1, -0.05) is 0 Å². The molecule has 0 amide bonds. The van der Waals surface area contributed by atoms with Gasteiger partial charge < -0.3 is 4.40 Å². The van der Waals surface area contributed by atoms with Crippen LogP contribution in [-0.4, -0.2) is 9.38 Å². The Labute approximate surface area is 103 Å². The summed E-state index contributed by atoms with van der Waals surface area (Å²) in [6.07, 6.45) is 3.09. The van der Waals surface area contributed by atoms with E-state index in [0.29, 0.717) is 16.9 Å². The zero-order valence-corrected chi connectivity index (χ0v) is 9.69. The average Bonchev–Trinajstić information content (AvgIpc) is 2.75. The third kappa shape index (κ3) is 1.76. The second kappa shape index (κ2) is 3.91. The lowest BCUT2D eigenvalue weighted by Gasteiger charge is -1.99. The highest BCUT2D eigenvalue weighted by molar-refractivity contribution is 5.63. The Morgan fingerprint density at radius 1 is 1.06 bits per heavy atom. The molecule has 3 rings (SSSR count). The number of benzene rings is 1. The standard InChI is InChI=1S/C14H10F2N2/c1-9-6-10(2-4-12(9)16)13-8-18-7-11(15)3-5-14(18)17-13/h2-8H,1H3. The molecule has 1 aromatic carbocycles. The molecule has 0 N–H and O–H groups in total. The van der Waals surface area contributed by atoms with Crippen LogP contribution in [0.1, 0.15) is 5.56 Å². The number of pyridine rings is 1. The van der Waals surface area contributed by atoms with Crippen LogP contribution in [0.3, 0.4) is 0 Å². The summed E-state index contributed by atoms with van der Waals surface area (Å²) in [6.45, 7) is 1.70. The first-order chi connectivity index (χ1) is 8.63. The summed E-state index contributed by atoms with van der Waals surface area (Å²) in [4.78, 5) is 4.37. The summed E-state index contributed by atoms with van der Waals surface area (Å²) in [5.74, 6) is -0.560. The van der Waals surface area contributed by atoms with Crippen LogP contribution in [0.25, 0.3) is 16.9 Å². The van der Waals surface area contributed by atoms with Gasteiger partial charge in [0.25, 0.3) is 0 Å². The second-order valence-corrected chi connectivity index (χ2v) is 4.20. The Balaban J connectivity index is 2.16. The molecule has 0 saturated heterocycles. The molecule has 90 valence electrons. The summed E-state index contributed by atoms with van der Waals surface area (Å²) in [6, 6.07) is 7.78. The van der Waals surface area contributed by atoms with Gasteiger partial charge in [0.2, 0.25) is 0 Å². The molecule has 2 nitrogen and oxygen atoms in total. The predicted molar refractivity (Wildman–Crippen MR) is 65.3 cm³/mol. The van der Waals surface area contributed by atoms with Crippen LogP contribution < -0.4 is 0 Å². The van der Waals surface area contributed by atoms with E-state index < -0.39 is 0 Å². The molecule has 0 aliphatic heterocycles. The van der Waals surface area contributed by atoms with Crippen LogP contribution in [0.4, 0.5) is 8.78 Å². The van der Waals surface area contributed by atoms with Crippen molar-refractivity contribution in [3.05, 3.63) is 59.9 Å². The summed E-state index contributed by atoms with van der Waals surface area (Å²) in [5.41, 5.74) is 2.74. The second-order valence-electron chi connectivity index (χ2n) is 4.20. The van der Waals surface area contributed by atoms with Crippen molar-refractivity contribution in [3.8, 4) is 11.3 Å². The van der Waals surface area contributed by atoms with Gasteiger partial charge in [-0.2, -0.15) is 0 Å². The maximum atomic E-state index is 13.2. The maximum Gasteiger partial charge on any atom is 0.139 e. The quantitative estimate of drug-likeness (QED) is 0.639. The molecule has 2 aromatic heterocycles. The van der Waals surface area contributed by atoms with Gasteiger partial charge in [-0.15, -0.1) is 0 Å². The van der Waals surface area contributed by atoms with Crippen molar-refractivity contribution in [2.24, 2.45) is 0 Å². The number of rotatable bonds is 1. The van der Waals surface area contributed by atoms with Crippen molar-refractivity contribution in [2.75, 3.05) is 0 Å². The number of aryl methyl sites for hydroxylation is 1. The van der Waals surface area contributed by atoms with Crippen LogP contribution in [-0.2, 0) is 0 Å². The smallest absolute Gasteiger partial charge is 0.139 e. The highest BCUT2D eigenvalue weighted by atomic mass is 19.1. The molecule has 0 unspecified atom stereocenters. The minimum atomic E-state index is -0.318. The first-order valence-electron chi connectivity index (χ1n) is 5.54. The fourth-order valence-corrected chi connectivity index (χ4v) is 1.91. The monoisotopic (exact) mass is 244 g/mol. The molecular weight excluding hydrogens is 234 g/mol. The van der Waals surface area contributed by atoms with Crippen LogP contribution in [0.15, 0.2) is 42.7 Å². The predicted octanol–water partition coefficient (Wildman–Crippen LogP) is 3.59. The minimum absolute atomic E-state index is 0.242. The lowest BCUT2D eigenvalue weighted by atomic mass is 10.1. The van der Waals surface area contributed by atoms with E-state index in [4.69, 9.17) is 0 Å². The highest BCUT2D eigenvalue weighted by Crippen LogP contribution is 2.21. The lowest BCUT2D eigenvalue weighted by molar-refractivity contribution is 0.618. The van der Waals surface area contributed by atoms with Gasteiger partial charge >= 0.3 is 0 Å². The molecule has 0 spiro atoms. The number of hydrogen-bond acceptors (Lipinski definition) is 1.